The first kappa shape index (κ1) is 20.1. The molecule has 33 heavy (non-hydrogen) atoms. The van der Waals surface area contributed by atoms with E-state index in [1.807, 2.05) is 54.4 Å². The molecule has 0 aliphatic carbocycles. The van der Waals surface area contributed by atoms with Gasteiger partial charge in [-0.05, 0) is 43.7 Å². The van der Waals surface area contributed by atoms with E-state index >= 15 is 0 Å². The number of fused-ring (bicyclic) bond motifs is 2. The maximum atomic E-state index is 13.6. The van der Waals surface area contributed by atoms with Gasteiger partial charge in [-0.2, -0.15) is 15.0 Å². The van der Waals surface area contributed by atoms with Gasteiger partial charge >= 0.3 is 0 Å². The summed E-state index contributed by atoms with van der Waals surface area (Å²) >= 11 is 6.15. The number of carbonyl (C=O) groups is 1. The third-order valence-corrected chi connectivity index (χ3v) is 6.88. The zero-order valence-electron chi connectivity index (χ0n) is 18.1. The van der Waals surface area contributed by atoms with Gasteiger partial charge in [0.25, 0.3) is 5.91 Å². The normalized spacial score (nSPS) is 19.9. The summed E-state index contributed by atoms with van der Waals surface area (Å²) in [5.41, 5.74) is 3.94. The first-order chi connectivity index (χ1) is 16.1. The van der Waals surface area contributed by atoms with Gasteiger partial charge in [0.1, 0.15) is 5.82 Å². The number of anilines is 1. The summed E-state index contributed by atoms with van der Waals surface area (Å²) in [6.07, 6.45) is 6.02. The van der Waals surface area contributed by atoms with Gasteiger partial charge < -0.3 is 9.80 Å². The van der Waals surface area contributed by atoms with E-state index in [1.165, 1.54) is 4.80 Å². The molecule has 2 aliphatic heterocycles. The van der Waals surface area contributed by atoms with Crippen molar-refractivity contribution in [3.05, 3.63) is 71.1 Å². The van der Waals surface area contributed by atoms with Gasteiger partial charge in [0, 0.05) is 30.6 Å². The van der Waals surface area contributed by atoms with Crippen LogP contribution in [0.1, 0.15) is 22.3 Å². The predicted molar refractivity (Wildman–Crippen MR) is 126 cm³/mol. The smallest absolute Gasteiger partial charge is 0.256 e. The quantitative estimate of drug-likeness (QED) is 0.466. The molecule has 1 amide bonds. The van der Waals surface area contributed by atoms with Crippen molar-refractivity contribution in [2.75, 3.05) is 24.5 Å². The number of amides is 1. The van der Waals surface area contributed by atoms with Crippen molar-refractivity contribution in [3.8, 4) is 5.69 Å². The number of nitrogens with zero attached hydrogens (tertiary/aromatic N) is 7. The molecule has 166 valence electrons. The molecule has 2 atom stereocenters. The van der Waals surface area contributed by atoms with Crippen LogP contribution in [0.25, 0.3) is 16.7 Å². The zero-order chi connectivity index (χ0) is 22.5. The summed E-state index contributed by atoms with van der Waals surface area (Å²) in [6.45, 7) is 4.31. The number of carbonyl (C=O) groups excluding carboxylic acids is 1. The van der Waals surface area contributed by atoms with E-state index in [2.05, 4.69) is 20.1 Å². The van der Waals surface area contributed by atoms with Crippen LogP contribution in [0.15, 0.2) is 55.0 Å². The summed E-state index contributed by atoms with van der Waals surface area (Å²) in [5, 5.41) is 9.10. The number of rotatable bonds is 3. The molecule has 2 aromatic carbocycles. The Hall–Kier alpha value is -3.52. The second kappa shape index (κ2) is 7.81. The number of hydrogen-bond donors (Lipinski definition) is 0. The molecule has 0 radical (unpaired) electrons. The lowest BCUT2D eigenvalue weighted by molar-refractivity contribution is 0.0591. The Labute approximate surface area is 195 Å². The molecular formula is C24H22ClN7O. The van der Waals surface area contributed by atoms with Crippen LogP contribution in [-0.2, 0) is 0 Å². The highest BCUT2D eigenvalue weighted by Gasteiger charge is 2.44. The number of aromatic nitrogens is 5. The Bertz CT molecular complexity index is 1360. The fraction of sp³-hybridized carbons (Fsp3) is 0.292. The summed E-state index contributed by atoms with van der Waals surface area (Å²) in [7, 11) is 0. The van der Waals surface area contributed by atoms with Crippen LogP contribution in [0.2, 0.25) is 5.02 Å². The Kier molecular flexibility index (Phi) is 4.76. The minimum atomic E-state index is 0.00711. The van der Waals surface area contributed by atoms with E-state index in [9.17, 15) is 4.79 Å². The highest BCUT2D eigenvalue weighted by molar-refractivity contribution is 6.31. The molecule has 0 unspecified atom stereocenters. The maximum Gasteiger partial charge on any atom is 0.256 e. The van der Waals surface area contributed by atoms with Crippen molar-refractivity contribution < 1.29 is 4.79 Å². The fourth-order valence-electron chi connectivity index (χ4n) is 4.86. The molecule has 0 bridgehead atoms. The van der Waals surface area contributed by atoms with Crippen molar-refractivity contribution in [1.29, 1.82) is 0 Å². The maximum absolute atomic E-state index is 13.6. The van der Waals surface area contributed by atoms with Gasteiger partial charge in [-0.3, -0.25) is 9.78 Å². The second-order valence-corrected chi connectivity index (χ2v) is 9.16. The Morgan fingerprint density at radius 2 is 1.91 bits per heavy atom. The Balaban J connectivity index is 1.26. The SMILES string of the molecule is Cc1ccc(-n2nccn2)c(C(=O)N2CC[C@@H]3CN(c4cnc5ccc(Cl)cc5n4)[C@@H]3C2)c1. The molecule has 2 aliphatic rings. The number of piperidine rings is 1. The topological polar surface area (TPSA) is 80.0 Å². The zero-order valence-corrected chi connectivity index (χ0v) is 18.9. The van der Waals surface area contributed by atoms with Crippen LogP contribution in [0.4, 0.5) is 5.82 Å². The highest BCUT2D eigenvalue weighted by Crippen LogP contribution is 2.36. The summed E-state index contributed by atoms with van der Waals surface area (Å²) in [6, 6.07) is 11.6. The van der Waals surface area contributed by atoms with Gasteiger partial charge in [0.15, 0.2) is 0 Å². The second-order valence-electron chi connectivity index (χ2n) is 8.72. The van der Waals surface area contributed by atoms with E-state index < -0.39 is 0 Å². The van der Waals surface area contributed by atoms with Gasteiger partial charge in [-0.1, -0.05) is 23.2 Å². The molecule has 2 saturated heterocycles. The third kappa shape index (κ3) is 3.51. The van der Waals surface area contributed by atoms with Gasteiger partial charge in [-0.25, -0.2) is 4.98 Å². The van der Waals surface area contributed by atoms with E-state index in [1.54, 1.807) is 12.4 Å². The minimum Gasteiger partial charge on any atom is -0.350 e. The van der Waals surface area contributed by atoms with Crippen LogP contribution < -0.4 is 4.90 Å². The van der Waals surface area contributed by atoms with Gasteiger partial charge in [-0.15, -0.1) is 0 Å². The summed E-state index contributed by atoms with van der Waals surface area (Å²) < 4.78 is 0. The fourth-order valence-corrected chi connectivity index (χ4v) is 5.03. The van der Waals surface area contributed by atoms with Crippen molar-refractivity contribution in [2.45, 2.75) is 19.4 Å². The predicted octanol–water partition coefficient (Wildman–Crippen LogP) is 3.52. The van der Waals surface area contributed by atoms with E-state index in [4.69, 9.17) is 16.6 Å². The summed E-state index contributed by atoms with van der Waals surface area (Å²) in [4.78, 5) is 28.6. The number of likely N-dealkylation sites (tertiary alicyclic amines) is 1. The lowest BCUT2D eigenvalue weighted by Crippen LogP contribution is -2.65. The number of benzene rings is 2. The molecule has 2 aromatic heterocycles. The Morgan fingerprint density at radius 1 is 1.06 bits per heavy atom. The summed E-state index contributed by atoms with van der Waals surface area (Å²) in [5.74, 6) is 1.39. The highest BCUT2D eigenvalue weighted by atomic mass is 35.5. The lowest BCUT2D eigenvalue weighted by Gasteiger charge is -2.53. The molecule has 0 saturated carbocycles. The van der Waals surface area contributed by atoms with Crippen molar-refractivity contribution in [3.63, 3.8) is 0 Å². The molecule has 4 aromatic rings. The van der Waals surface area contributed by atoms with Gasteiger partial charge in [0.05, 0.1) is 46.9 Å². The van der Waals surface area contributed by atoms with Crippen LogP contribution in [-0.4, -0.2) is 61.4 Å². The monoisotopic (exact) mass is 459 g/mol. The Morgan fingerprint density at radius 3 is 2.76 bits per heavy atom. The van der Waals surface area contributed by atoms with Crippen molar-refractivity contribution in [2.24, 2.45) is 5.92 Å². The number of halogens is 1. The van der Waals surface area contributed by atoms with E-state index in [0.29, 0.717) is 28.7 Å². The largest absolute Gasteiger partial charge is 0.350 e. The molecule has 2 fully saturated rings. The standard InChI is InChI=1S/C24H22ClN7O/c1-15-2-5-21(32-27-7-8-28-32)18(10-15)24(33)30-9-6-16-13-31(22(16)14-30)23-12-26-19-4-3-17(25)11-20(19)29-23/h2-5,7-8,10-12,16,22H,6,9,13-14H2,1H3/t16-,22-/m1/s1. The molecule has 6 rings (SSSR count). The number of hydrogen-bond acceptors (Lipinski definition) is 6. The average Bonchev–Trinajstić information content (AvgIpc) is 3.34. The molecule has 0 spiro atoms. The first-order valence-corrected chi connectivity index (χ1v) is 11.4. The van der Waals surface area contributed by atoms with Crippen LogP contribution >= 0.6 is 11.6 Å². The van der Waals surface area contributed by atoms with E-state index in [0.717, 1.165) is 41.9 Å². The molecule has 9 heteroatoms. The van der Waals surface area contributed by atoms with Crippen LogP contribution in [0, 0.1) is 12.8 Å². The van der Waals surface area contributed by atoms with Crippen LogP contribution in [0.5, 0.6) is 0 Å². The molecule has 4 heterocycles. The van der Waals surface area contributed by atoms with E-state index in [-0.39, 0.29) is 11.9 Å². The third-order valence-electron chi connectivity index (χ3n) is 6.64. The average molecular weight is 460 g/mol. The van der Waals surface area contributed by atoms with Gasteiger partial charge in [0.2, 0.25) is 0 Å². The van der Waals surface area contributed by atoms with Crippen LogP contribution in [0.3, 0.4) is 0 Å². The molecule has 0 N–H and O–H groups in total. The van der Waals surface area contributed by atoms with Crippen molar-refractivity contribution >= 4 is 34.4 Å². The molecular weight excluding hydrogens is 438 g/mol. The number of aryl methyl sites for hydroxylation is 1. The molecule has 8 nitrogen and oxygen atoms in total. The lowest BCUT2D eigenvalue weighted by atomic mass is 9.82. The minimum absolute atomic E-state index is 0.00711. The first-order valence-electron chi connectivity index (χ1n) is 11.0. The van der Waals surface area contributed by atoms with Crippen molar-refractivity contribution in [1.82, 2.24) is 29.9 Å².